The fourth-order valence-corrected chi connectivity index (χ4v) is 2.09. The molecule has 0 spiro atoms. The maximum atomic E-state index is 14.1. The van der Waals surface area contributed by atoms with Gasteiger partial charge < -0.3 is 11.5 Å². The monoisotopic (exact) mass is 284 g/mol. The van der Waals surface area contributed by atoms with Gasteiger partial charge in [0, 0.05) is 16.9 Å². The lowest BCUT2D eigenvalue weighted by Crippen LogP contribution is -2.04. The fourth-order valence-electron chi connectivity index (χ4n) is 2.09. The molecule has 0 aliphatic rings. The van der Waals surface area contributed by atoms with Gasteiger partial charge in [-0.05, 0) is 53.2 Å². The summed E-state index contributed by atoms with van der Waals surface area (Å²) in [7, 11) is 0. The third kappa shape index (κ3) is 2.29. The van der Waals surface area contributed by atoms with E-state index in [-0.39, 0.29) is 5.69 Å². The minimum atomic E-state index is -0.405. The zero-order valence-corrected chi connectivity index (χ0v) is 11.3. The van der Waals surface area contributed by atoms with E-state index < -0.39 is 5.82 Å². The van der Waals surface area contributed by atoms with E-state index in [0.29, 0.717) is 22.8 Å². The molecular weight excluding hydrogens is 271 g/mol. The van der Waals surface area contributed by atoms with Gasteiger partial charge in [0.25, 0.3) is 0 Å². The molecule has 21 heavy (non-hydrogen) atoms. The van der Waals surface area contributed by atoms with E-state index in [0.717, 1.165) is 5.56 Å². The molecule has 106 valence electrons. The smallest absolute Gasteiger partial charge is 0.189 e. The van der Waals surface area contributed by atoms with Crippen LogP contribution in [-0.4, -0.2) is 20.2 Å². The van der Waals surface area contributed by atoms with E-state index in [1.54, 1.807) is 30.3 Å². The summed E-state index contributed by atoms with van der Waals surface area (Å²) in [6.07, 6.45) is 0. The highest BCUT2D eigenvalue weighted by Crippen LogP contribution is 2.27. The summed E-state index contributed by atoms with van der Waals surface area (Å²) in [5.41, 5.74) is 14.2. The average Bonchev–Trinajstić information content (AvgIpc) is 2.87. The van der Waals surface area contributed by atoms with Crippen molar-refractivity contribution < 1.29 is 4.39 Å². The molecule has 1 aromatic heterocycles. The number of hydrogen-bond donors (Lipinski definition) is 2. The van der Waals surface area contributed by atoms with Crippen molar-refractivity contribution in [3.8, 4) is 17.1 Å². The van der Waals surface area contributed by atoms with Crippen LogP contribution in [0.2, 0.25) is 0 Å². The van der Waals surface area contributed by atoms with Crippen molar-refractivity contribution in [1.29, 1.82) is 0 Å². The van der Waals surface area contributed by atoms with Gasteiger partial charge in [-0.15, -0.1) is 5.10 Å². The van der Waals surface area contributed by atoms with Gasteiger partial charge in [-0.2, -0.15) is 4.68 Å². The molecule has 0 saturated heterocycles. The Morgan fingerprint density at radius 1 is 1.10 bits per heavy atom. The SMILES string of the molecule is Cc1ccc(-n2nnnc2-c2ccc(N)cc2N)c(F)c1. The number of hydrogen-bond acceptors (Lipinski definition) is 5. The zero-order chi connectivity index (χ0) is 15.0. The molecule has 0 unspecified atom stereocenters. The maximum absolute atomic E-state index is 14.1. The minimum Gasteiger partial charge on any atom is -0.399 e. The molecule has 1 heterocycles. The van der Waals surface area contributed by atoms with E-state index in [9.17, 15) is 4.39 Å². The topological polar surface area (TPSA) is 95.6 Å². The van der Waals surface area contributed by atoms with Gasteiger partial charge in [0.2, 0.25) is 0 Å². The molecule has 3 rings (SSSR count). The number of anilines is 2. The Hall–Kier alpha value is -2.96. The first kappa shape index (κ1) is 13.0. The van der Waals surface area contributed by atoms with Crippen LogP contribution in [0, 0.1) is 12.7 Å². The van der Waals surface area contributed by atoms with Gasteiger partial charge in [0.1, 0.15) is 11.5 Å². The van der Waals surface area contributed by atoms with E-state index >= 15 is 0 Å². The molecule has 0 atom stereocenters. The van der Waals surface area contributed by atoms with Crippen LogP contribution >= 0.6 is 0 Å². The first-order chi connectivity index (χ1) is 10.1. The number of rotatable bonds is 2. The largest absolute Gasteiger partial charge is 0.399 e. The van der Waals surface area contributed by atoms with Gasteiger partial charge in [-0.1, -0.05) is 6.07 Å². The van der Waals surface area contributed by atoms with Gasteiger partial charge in [0.05, 0.1) is 0 Å². The summed E-state index contributed by atoms with van der Waals surface area (Å²) >= 11 is 0. The summed E-state index contributed by atoms with van der Waals surface area (Å²) in [5, 5.41) is 11.4. The molecule has 2 aromatic carbocycles. The Labute approximate surface area is 120 Å². The molecule has 0 aliphatic heterocycles. The van der Waals surface area contributed by atoms with Crippen molar-refractivity contribution in [2.24, 2.45) is 0 Å². The number of aromatic nitrogens is 4. The van der Waals surface area contributed by atoms with Gasteiger partial charge in [-0.25, -0.2) is 4.39 Å². The highest BCUT2D eigenvalue weighted by Gasteiger charge is 2.16. The molecule has 0 amide bonds. The van der Waals surface area contributed by atoms with Crippen LogP contribution in [0.25, 0.3) is 17.1 Å². The van der Waals surface area contributed by atoms with Crippen LogP contribution in [0.4, 0.5) is 15.8 Å². The van der Waals surface area contributed by atoms with Crippen molar-refractivity contribution in [2.45, 2.75) is 6.92 Å². The summed E-state index contributed by atoms with van der Waals surface area (Å²) in [6.45, 7) is 1.81. The number of tetrazole rings is 1. The standard InChI is InChI=1S/C14H13FN6/c1-8-2-5-13(11(15)6-8)21-14(18-19-20-21)10-4-3-9(16)7-12(10)17/h2-7H,16-17H2,1H3. The Morgan fingerprint density at radius 3 is 2.62 bits per heavy atom. The van der Waals surface area contributed by atoms with E-state index in [1.165, 1.54) is 10.7 Å². The van der Waals surface area contributed by atoms with E-state index in [1.807, 2.05) is 6.92 Å². The van der Waals surface area contributed by atoms with Gasteiger partial charge in [-0.3, -0.25) is 0 Å². The molecule has 0 radical (unpaired) electrons. The Balaban J connectivity index is 2.17. The van der Waals surface area contributed by atoms with E-state index in [2.05, 4.69) is 15.5 Å². The van der Waals surface area contributed by atoms with Crippen LogP contribution in [0.15, 0.2) is 36.4 Å². The lowest BCUT2D eigenvalue weighted by Gasteiger charge is -2.08. The van der Waals surface area contributed by atoms with Gasteiger partial charge in [0.15, 0.2) is 5.82 Å². The first-order valence-corrected chi connectivity index (χ1v) is 6.26. The van der Waals surface area contributed by atoms with Crippen molar-refractivity contribution >= 4 is 11.4 Å². The van der Waals surface area contributed by atoms with Gasteiger partial charge >= 0.3 is 0 Å². The number of nitrogen functional groups attached to an aromatic ring is 2. The average molecular weight is 284 g/mol. The third-order valence-electron chi connectivity index (χ3n) is 3.12. The number of aryl methyl sites for hydroxylation is 1. The van der Waals surface area contributed by atoms with Crippen molar-refractivity contribution in [2.75, 3.05) is 11.5 Å². The second-order valence-electron chi connectivity index (χ2n) is 4.72. The first-order valence-electron chi connectivity index (χ1n) is 6.26. The normalized spacial score (nSPS) is 10.8. The molecule has 0 aliphatic carbocycles. The predicted octanol–water partition coefficient (Wildman–Crippen LogP) is 1.94. The van der Waals surface area contributed by atoms with Crippen molar-refractivity contribution in [3.05, 3.63) is 47.8 Å². The second-order valence-corrected chi connectivity index (χ2v) is 4.72. The Morgan fingerprint density at radius 2 is 1.90 bits per heavy atom. The lowest BCUT2D eigenvalue weighted by atomic mass is 10.1. The quantitative estimate of drug-likeness (QED) is 0.701. The van der Waals surface area contributed by atoms with Crippen LogP contribution in [0.3, 0.4) is 0 Å². The second kappa shape index (κ2) is 4.86. The van der Waals surface area contributed by atoms with Crippen LogP contribution in [0.1, 0.15) is 5.56 Å². The van der Waals surface area contributed by atoms with E-state index in [4.69, 9.17) is 11.5 Å². The molecule has 4 N–H and O–H groups in total. The Kier molecular flexibility index (Phi) is 3.02. The molecule has 3 aromatic rings. The number of benzene rings is 2. The molecule has 0 bridgehead atoms. The summed E-state index contributed by atoms with van der Waals surface area (Å²) in [5.74, 6) is -0.0483. The van der Waals surface area contributed by atoms with Crippen LogP contribution in [-0.2, 0) is 0 Å². The highest BCUT2D eigenvalue weighted by atomic mass is 19.1. The molecule has 6 nitrogen and oxygen atoms in total. The predicted molar refractivity (Wildman–Crippen MR) is 78.1 cm³/mol. The minimum absolute atomic E-state index is 0.261. The number of nitrogens with two attached hydrogens (primary N) is 2. The van der Waals surface area contributed by atoms with Crippen LogP contribution in [0.5, 0.6) is 0 Å². The summed E-state index contributed by atoms with van der Waals surface area (Å²) in [6, 6.07) is 9.84. The molecule has 0 saturated carbocycles. The highest BCUT2D eigenvalue weighted by molar-refractivity contribution is 5.75. The molecule has 0 fully saturated rings. The molecular formula is C14H13FN6. The van der Waals surface area contributed by atoms with Crippen LogP contribution < -0.4 is 11.5 Å². The molecule has 7 heteroatoms. The lowest BCUT2D eigenvalue weighted by molar-refractivity contribution is 0.606. The number of nitrogens with zero attached hydrogens (tertiary/aromatic N) is 4. The zero-order valence-electron chi connectivity index (χ0n) is 11.3. The summed E-state index contributed by atoms with van der Waals surface area (Å²) < 4.78 is 15.4. The number of halogens is 1. The van der Waals surface area contributed by atoms with Crippen molar-refractivity contribution in [3.63, 3.8) is 0 Å². The maximum Gasteiger partial charge on any atom is 0.189 e. The summed E-state index contributed by atoms with van der Waals surface area (Å²) in [4.78, 5) is 0. The fraction of sp³-hybridized carbons (Fsp3) is 0.0714. The Bertz CT molecular complexity index is 745. The van der Waals surface area contributed by atoms with Crippen molar-refractivity contribution in [1.82, 2.24) is 20.2 Å². The third-order valence-corrected chi connectivity index (χ3v) is 3.12.